The summed E-state index contributed by atoms with van der Waals surface area (Å²) >= 11 is 0. The van der Waals surface area contributed by atoms with Crippen LogP contribution in [0.15, 0.2) is 16.1 Å². The van der Waals surface area contributed by atoms with Gasteiger partial charge in [0.2, 0.25) is 0 Å². The largest absolute Gasteiger partial charge is 0.511 e. The number of carbonyl (C=O) groups is 1. The minimum Gasteiger partial charge on any atom is -0.449 e. The zero-order chi connectivity index (χ0) is 13.7. The number of aliphatic imine (C=N–C) groups is 2. The van der Waals surface area contributed by atoms with E-state index in [4.69, 9.17) is 9.84 Å². The van der Waals surface area contributed by atoms with Crippen molar-refractivity contribution in [3.63, 3.8) is 0 Å². The Balaban J connectivity index is 2.28. The second-order valence-corrected chi connectivity index (χ2v) is 4.59. The number of fused-ring (bicyclic) bond motifs is 3. The average molecular weight is 256 g/mol. The lowest BCUT2D eigenvalue weighted by Crippen LogP contribution is -2.08. The van der Waals surface area contributed by atoms with E-state index in [1.54, 1.807) is 6.21 Å². The van der Waals surface area contributed by atoms with E-state index in [9.17, 15) is 4.79 Å². The molecule has 0 spiro atoms. The minimum atomic E-state index is -1.30. The lowest BCUT2D eigenvalue weighted by Gasteiger charge is -2.15. The van der Waals surface area contributed by atoms with Crippen LogP contribution in [0.1, 0.15) is 22.3 Å². The zero-order valence-corrected chi connectivity index (χ0v) is 10.8. The van der Waals surface area contributed by atoms with Gasteiger partial charge in [0.25, 0.3) is 0 Å². The highest BCUT2D eigenvalue weighted by atomic mass is 16.7. The molecule has 0 aliphatic carbocycles. The molecule has 1 aromatic carbocycles. The average Bonchev–Trinajstić information content (AvgIpc) is 2.91. The Morgan fingerprint density at radius 3 is 2.63 bits per heavy atom. The molecule has 0 fully saturated rings. The van der Waals surface area contributed by atoms with Crippen molar-refractivity contribution in [2.24, 2.45) is 9.98 Å². The van der Waals surface area contributed by atoms with Crippen LogP contribution in [0.3, 0.4) is 0 Å². The molecular formula is C14H12N2O3. The van der Waals surface area contributed by atoms with Gasteiger partial charge in [0.15, 0.2) is 5.84 Å². The van der Waals surface area contributed by atoms with Crippen LogP contribution >= 0.6 is 0 Å². The highest BCUT2D eigenvalue weighted by molar-refractivity contribution is 6.35. The molecule has 0 saturated carbocycles. The molecule has 19 heavy (non-hydrogen) atoms. The Kier molecular flexibility index (Phi) is 2.32. The molecule has 0 saturated heterocycles. The first-order chi connectivity index (χ1) is 9.00. The van der Waals surface area contributed by atoms with Gasteiger partial charge in [-0.25, -0.2) is 14.8 Å². The normalized spacial score (nSPS) is 14.9. The van der Waals surface area contributed by atoms with E-state index in [2.05, 4.69) is 9.98 Å². The summed E-state index contributed by atoms with van der Waals surface area (Å²) in [5.74, 6) is 1.08. The summed E-state index contributed by atoms with van der Waals surface area (Å²) in [6, 6.07) is 0. The molecular weight excluding hydrogens is 244 g/mol. The number of benzene rings is 1. The fourth-order valence-corrected chi connectivity index (χ4v) is 2.53. The third-order valence-electron chi connectivity index (χ3n) is 3.57. The van der Waals surface area contributed by atoms with Crippen LogP contribution in [0.5, 0.6) is 5.75 Å². The van der Waals surface area contributed by atoms with Crippen molar-refractivity contribution < 1.29 is 14.6 Å². The third-order valence-corrected chi connectivity index (χ3v) is 3.57. The molecule has 2 heterocycles. The van der Waals surface area contributed by atoms with Gasteiger partial charge in [-0.15, -0.1) is 0 Å². The second kappa shape index (κ2) is 3.78. The molecule has 3 rings (SSSR count). The maximum atomic E-state index is 10.8. The van der Waals surface area contributed by atoms with Crippen molar-refractivity contribution in [3.05, 3.63) is 28.3 Å². The lowest BCUT2D eigenvalue weighted by molar-refractivity contribution is 0.144. The second-order valence-electron chi connectivity index (χ2n) is 4.59. The number of hydrogen-bond donors (Lipinski definition) is 1. The Bertz CT molecular complexity index is 712. The van der Waals surface area contributed by atoms with Crippen LogP contribution in [0, 0.1) is 20.8 Å². The van der Waals surface area contributed by atoms with Crippen molar-refractivity contribution >= 4 is 29.5 Å². The maximum absolute atomic E-state index is 10.8. The summed E-state index contributed by atoms with van der Waals surface area (Å²) in [7, 11) is 0. The van der Waals surface area contributed by atoms with Gasteiger partial charge in [-0.1, -0.05) is 0 Å². The summed E-state index contributed by atoms with van der Waals surface area (Å²) in [4.78, 5) is 19.5. The number of carboxylic acid groups (broad SMARTS) is 1. The van der Waals surface area contributed by atoms with Crippen LogP contribution in [0.2, 0.25) is 0 Å². The van der Waals surface area contributed by atoms with E-state index in [1.807, 2.05) is 26.8 Å². The quantitative estimate of drug-likeness (QED) is 0.619. The number of allylic oxidation sites excluding steroid dienone is 1. The molecule has 2 aliphatic heterocycles. The Labute approximate surface area is 110 Å². The van der Waals surface area contributed by atoms with E-state index < -0.39 is 6.16 Å². The van der Waals surface area contributed by atoms with Crippen LogP contribution in [-0.2, 0) is 0 Å². The molecule has 0 bridgehead atoms. The van der Waals surface area contributed by atoms with Crippen molar-refractivity contribution in [1.82, 2.24) is 0 Å². The first kappa shape index (κ1) is 11.6. The monoisotopic (exact) mass is 256 g/mol. The summed E-state index contributed by atoms with van der Waals surface area (Å²) in [5, 5.41) is 8.85. The van der Waals surface area contributed by atoms with Crippen molar-refractivity contribution in [1.29, 1.82) is 0 Å². The number of nitrogens with zero attached hydrogens (tertiary/aromatic N) is 2. The van der Waals surface area contributed by atoms with Gasteiger partial charge in [0, 0.05) is 22.9 Å². The van der Waals surface area contributed by atoms with E-state index in [0.717, 1.165) is 33.5 Å². The van der Waals surface area contributed by atoms with Crippen LogP contribution < -0.4 is 4.74 Å². The van der Waals surface area contributed by atoms with E-state index in [0.29, 0.717) is 11.6 Å². The van der Waals surface area contributed by atoms with E-state index >= 15 is 0 Å². The molecule has 1 aromatic rings. The summed E-state index contributed by atoms with van der Waals surface area (Å²) in [6.07, 6.45) is 2.28. The molecule has 0 aromatic heterocycles. The summed E-state index contributed by atoms with van der Waals surface area (Å²) < 4.78 is 4.93. The van der Waals surface area contributed by atoms with E-state index in [-0.39, 0.29) is 0 Å². The van der Waals surface area contributed by atoms with Gasteiger partial charge >= 0.3 is 6.16 Å². The van der Waals surface area contributed by atoms with Crippen molar-refractivity contribution in [3.8, 4) is 5.75 Å². The number of hydrogen-bond acceptors (Lipinski definition) is 4. The lowest BCUT2D eigenvalue weighted by atomic mass is 9.93. The van der Waals surface area contributed by atoms with Gasteiger partial charge in [-0.3, -0.25) is 0 Å². The predicted octanol–water partition coefficient (Wildman–Crippen LogP) is 3.18. The molecule has 5 nitrogen and oxygen atoms in total. The van der Waals surface area contributed by atoms with E-state index in [1.165, 1.54) is 0 Å². The SMILES string of the molecule is Cc1c(C)c(OC(=O)O)c(C)c2c1N=C1N=CC=C12. The van der Waals surface area contributed by atoms with Crippen LogP contribution in [-0.4, -0.2) is 23.3 Å². The maximum Gasteiger partial charge on any atom is 0.511 e. The standard InChI is InChI=1S/C14H12N2O3/c1-6-7(2)12(19-14(17)18)8(3)10-9-4-5-15-13(9)16-11(6)10/h4-5H,1-3H3,(H,17,18). The summed E-state index contributed by atoms with van der Waals surface area (Å²) in [5.41, 5.74) is 5.24. The number of ether oxygens (including phenoxy) is 1. The highest BCUT2D eigenvalue weighted by Crippen LogP contribution is 2.46. The fraction of sp³-hybridized carbons (Fsp3) is 0.214. The Hall–Kier alpha value is -2.43. The van der Waals surface area contributed by atoms with Crippen molar-refractivity contribution in [2.75, 3.05) is 0 Å². The highest BCUT2D eigenvalue weighted by Gasteiger charge is 2.29. The molecule has 0 unspecified atom stereocenters. The van der Waals surface area contributed by atoms with Gasteiger partial charge in [0.1, 0.15) is 5.75 Å². The van der Waals surface area contributed by atoms with Gasteiger partial charge in [0.05, 0.1) is 5.69 Å². The molecule has 0 amide bonds. The molecule has 0 radical (unpaired) electrons. The Morgan fingerprint density at radius 1 is 1.21 bits per heavy atom. The van der Waals surface area contributed by atoms with Gasteiger partial charge < -0.3 is 9.84 Å². The predicted molar refractivity (Wildman–Crippen MR) is 72.9 cm³/mol. The number of rotatable bonds is 1. The first-order valence-electron chi connectivity index (χ1n) is 5.89. The third kappa shape index (κ3) is 1.51. The fourth-order valence-electron chi connectivity index (χ4n) is 2.53. The molecule has 96 valence electrons. The Morgan fingerprint density at radius 2 is 1.95 bits per heavy atom. The van der Waals surface area contributed by atoms with Gasteiger partial charge in [-0.2, -0.15) is 0 Å². The molecule has 0 atom stereocenters. The molecule has 2 aliphatic rings. The molecule has 1 N–H and O–H groups in total. The van der Waals surface area contributed by atoms with Crippen molar-refractivity contribution in [2.45, 2.75) is 20.8 Å². The summed E-state index contributed by atoms with van der Waals surface area (Å²) in [6.45, 7) is 5.60. The number of amidine groups is 1. The topological polar surface area (TPSA) is 71.2 Å². The zero-order valence-electron chi connectivity index (χ0n) is 10.8. The van der Waals surface area contributed by atoms with Crippen LogP contribution in [0.25, 0.3) is 5.57 Å². The first-order valence-corrected chi connectivity index (χ1v) is 5.89. The molecule has 5 heteroatoms. The smallest absolute Gasteiger partial charge is 0.449 e. The van der Waals surface area contributed by atoms with Crippen LogP contribution in [0.4, 0.5) is 10.5 Å². The van der Waals surface area contributed by atoms with Gasteiger partial charge in [-0.05, 0) is 38.0 Å². The minimum absolute atomic E-state index is 0.396.